The number of amides is 1. The van der Waals surface area contributed by atoms with Gasteiger partial charge in [0, 0.05) is 10.7 Å². The van der Waals surface area contributed by atoms with Crippen molar-refractivity contribution in [3.8, 4) is 5.75 Å². The molecule has 0 bridgehead atoms. The number of hydrogen-bond donors (Lipinski definition) is 2. The van der Waals surface area contributed by atoms with Crippen molar-refractivity contribution >= 4 is 29.2 Å². The van der Waals surface area contributed by atoms with E-state index in [1.54, 1.807) is 30.3 Å². The molecule has 2 aromatic carbocycles. The number of rotatable bonds is 6. The van der Waals surface area contributed by atoms with Gasteiger partial charge in [-0.1, -0.05) is 23.7 Å². The minimum atomic E-state index is -1.03. The molecule has 5 nitrogen and oxygen atoms in total. The van der Waals surface area contributed by atoms with E-state index in [0.29, 0.717) is 16.5 Å². The van der Waals surface area contributed by atoms with Gasteiger partial charge < -0.3 is 15.2 Å². The van der Waals surface area contributed by atoms with E-state index >= 15 is 0 Å². The molecule has 2 rings (SSSR count). The minimum Gasteiger partial charge on any atom is -0.479 e. The van der Waals surface area contributed by atoms with Crippen LogP contribution < -0.4 is 10.1 Å². The Morgan fingerprint density at radius 1 is 1.21 bits per heavy atom. The van der Waals surface area contributed by atoms with E-state index in [1.165, 1.54) is 6.92 Å². The van der Waals surface area contributed by atoms with Gasteiger partial charge in [-0.2, -0.15) is 0 Å². The van der Waals surface area contributed by atoms with E-state index in [0.717, 1.165) is 11.1 Å². The fourth-order valence-corrected chi connectivity index (χ4v) is 2.43. The first-order valence-electron chi connectivity index (χ1n) is 7.39. The molecule has 2 N–H and O–H groups in total. The highest BCUT2D eigenvalue weighted by Gasteiger charge is 2.12. The molecule has 0 radical (unpaired) electrons. The predicted octanol–water partition coefficient (Wildman–Crippen LogP) is 3.68. The molecule has 0 saturated heterocycles. The number of nitrogens with one attached hydrogen (secondary N) is 1. The lowest BCUT2D eigenvalue weighted by Crippen LogP contribution is -2.22. The van der Waals surface area contributed by atoms with Crippen molar-refractivity contribution < 1.29 is 19.4 Å². The lowest BCUT2D eigenvalue weighted by atomic mass is 10.1. The number of halogens is 1. The highest BCUT2D eigenvalue weighted by atomic mass is 35.5. The Bertz CT molecular complexity index is 723. The van der Waals surface area contributed by atoms with E-state index < -0.39 is 12.1 Å². The number of anilines is 1. The van der Waals surface area contributed by atoms with E-state index in [2.05, 4.69) is 5.32 Å². The molecule has 0 unspecified atom stereocenters. The Morgan fingerprint density at radius 3 is 2.46 bits per heavy atom. The molecule has 0 fully saturated rings. The average molecular weight is 348 g/mol. The third kappa shape index (κ3) is 5.28. The summed E-state index contributed by atoms with van der Waals surface area (Å²) in [5.74, 6) is -0.751. The Morgan fingerprint density at radius 2 is 1.88 bits per heavy atom. The molecule has 6 heteroatoms. The maximum absolute atomic E-state index is 12.1. The largest absolute Gasteiger partial charge is 0.479 e. The predicted molar refractivity (Wildman–Crippen MR) is 92.7 cm³/mol. The third-order valence-electron chi connectivity index (χ3n) is 3.27. The van der Waals surface area contributed by atoms with Crippen molar-refractivity contribution in [2.75, 3.05) is 5.32 Å². The first kappa shape index (κ1) is 17.8. The van der Waals surface area contributed by atoms with Crippen LogP contribution in [-0.4, -0.2) is 23.1 Å². The molecule has 0 aliphatic heterocycles. The zero-order valence-electron chi connectivity index (χ0n) is 13.4. The Labute approximate surface area is 145 Å². The summed E-state index contributed by atoms with van der Waals surface area (Å²) in [6, 6.07) is 12.1. The maximum atomic E-state index is 12.1. The number of aryl methyl sites for hydroxylation is 1. The molecule has 0 aliphatic carbocycles. The fourth-order valence-electron chi connectivity index (χ4n) is 2.14. The minimum absolute atomic E-state index is 0.163. The van der Waals surface area contributed by atoms with Gasteiger partial charge in [-0.15, -0.1) is 0 Å². The average Bonchev–Trinajstić information content (AvgIpc) is 2.47. The van der Waals surface area contributed by atoms with Gasteiger partial charge in [-0.05, 0) is 55.3 Å². The second-order valence-corrected chi connectivity index (χ2v) is 5.92. The summed E-state index contributed by atoms with van der Waals surface area (Å²) in [5, 5.41) is 12.2. The normalized spacial score (nSPS) is 11.6. The summed E-state index contributed by atoms with van der Waals surface area (Å²) in [6.45, 7) is 3.36. The molecule has 0 saturated carbocycles. The second kappa shape index (κ2) is 7.84. The quantitative estimate of drug-likeness (QED) is 0.835. The summed E-state index contributed by atoms with van der Waals surface area (Å²) in [4.78, 5) is 22.8. The van der Waals surface area contributed by atoms with Gasteiger partial charge in [0.25, 0.3) is 0 Å². The number of hydrogen-bond acceptors (Lipinski definition) is 3. The van der Waals surface area contributed by atoms with E-state index in [9.17, 15) is 9.59 Å². The Hall–Kier alpha value is -2.53. The van der Waals surface area contributed by atoms with Gasteiger partial charge in [0.2, 0.25) is 5.91 Å². The van der Waals surface area contributed by atoms with Crippen LogP contribution in [0, 0.1) is 6.92 Å². The van der Waals surface area contributed by atoms with Crippen molar-refractivity contribution in [3.05, 3.63) is 58.6 Å². The molecule has 2 aromatic rings. The number of carboxylic acids is 1. The molecule has 0 spiro atoms. The van der Waals surface area contributed by atoms with Crippen LogP contribution in [0.15, 0.2) is 42.5 Å². The second-order valence-electron chi connectivity index (χ2n) is 5.48. The Balaban J connectivity index is 1.95. The van der Waals surface area contributed by atoms with E-state index in [-0.39, 0.29) is 12.3 Å². The summed E-state index contributed by atoms with van der Waals surface area (Å²) >= 11 is 5.97. The smallest absolute Gasteiger partial charge is 0.344 e. The SMILES string of the molecule is Cc1cc(Cl)cc(NC(=O)Cc2ccc(O[C@@H](C)C(=O)O)cc2)c1. The van der Waals surface area contributed by atoms with Gasteiger partial charge in [-0.25, -0.2) is 4.79 Å². The van der Waals surface area contributed by atoms with Crippen LogP contribution in [-0.2, 0) is 16.0 Å². The van der Waals surface area contributed by atoms with E-state index in [1.807, 2.05) is 19.1 Å². The number of carboxylic acid groups (broad SMARTS) is 1. The number of ether oxygens (including phenoxy) is 1. The number of benzene rings is 2. The molecule has 1 atom stereocenters. The summed E-state index contributed by atoms with van der Waals surface area (Å²) in [6.07, 6.45) is -0.731. The van der Waals surface area contributed by atoms with Crippen molar-refractivity contribution in [1.29, 1.82) is 0 Å². The molecular formula is C18H18ClNO4. The molecule has 0 aromatic heterocycles. The van der Waals surface area contributed by atoms with Crippen LogP contribution in [0.2, 0.25) is 5.02 Å². The number of carbonyl (C=O) groups excluding carboxylic acids is 1. The van der Waals surface area contributed by atoms with Gasteiger partial charge in [0.15, 0.2) is 6.10 Å². The zero-order valence-corrected chi connectivity index (χ0v) is 14.1. The van der Waals surface area contributed by atoms with Crippen LogP contribution in [0.1, 0.15) is 18.1 Å². The lowest BCUT2D eigenvalue weighted by molar-refractivity contribution is -0.144. The van der Waals surface area contributed by atoms with Crippen molar-refractivity contribution in [3.63, 3.8) is 0 Å². The van der Waals surface area contributed by atoms with Gasteiger partial charge in [0.05, 0.1) is 6.42 Å². The number of aliphatic carboxylic acids is 1. The van der Waals surface area contributed by atoms with Crippen LogP contribution in [0.25, 0.3) is 0 Å². The van der Waals surface area contributed by atoms with Crippen LogP contribution in [0.3, 0.4) is 0 Å². The standard InChI is InChI=1S/C18H18ClNO4/c1-11-7-14(19)10-15(8-11)20-17(21)9-13-3-5-16(6-4-13)24-12(2)18(22)23/h3-8,10,12H,9H2,1-2H3,(H,20,21)(H,22,23)/t12-/m0/s1. The first-order chi connectivity index (χ1) is 11.3. The van der Waals surface area contributed by atoms with Gasteiger partial charge in [0.1, 0.15) is 5.75 Å². The first-order valence-corrected chi connectivity index (χ1v) is 7.77. The number of carbonyl (C=O) groups is 2. The Kier molecular flexibility index (Phi) is 5.82. The highest BCUT2D eigenvalue weighted by Crippen LogP contribution is 2.19. The third-order valence-corrected chi connectivity index (χ3v) is 3.49. The fraction of sp³-hybridized carbons (Fsp3) is 0.222. The summed E-state index contributed by atoms with van der Waals surface area (Å²) < 4.78 is 5.24. The molecule has 0 aliphatic rings. The van der Waals surface area contributed by atoms with Crippen LogP contribution in [0.5, 0.6) is 5.75 Å². The molecule has 1 amide bonds. The topological polar surface area (TPSA) is 75.6 Å². The van der Waals surface area contributed by atoms with Gasteiger partial charge in [-0.3, -0.25) is 4.79 Å². The zero-order chi connectivity index (χ0) is 17.7. The molecule has 0 heterocycles. The van der Waals surface area contributed by atoms with Gasteiger partial charge >= 0.3 is 5.97 Å². The molecule has 24 heavy (non-hydrogen) atoms. The summed E-state index contributed by atoms with van der Waals surface area (Å²) in [7, 11) is 0. The highest BCUT2D eigenvalue weighted by molar-refractivity contribution is 6.31. The lowest BCUT2D eigenvalue weighted by Gasteiger charge is -2.11. The molecular weight excluding hydrogens is 330 g/mol. The van der Waals surface area contributed by atoms with Crippen LogP contribution in [0.4, 0.5) is 5.69 Å². The monoisotopic (exact) mass is 347 g/mol. The maximum Gasteiger partial charge on any atom is 0.344 e. The van der Waals surface area contributed by atoms with Crippen molar-refractivity contribution in [1.82, 2.24) is 0 Å². The van der Waals surface area contributed by atoms with Crippen molar-refractivity contribution in [2.45, 2.75) is 26.4 Å². The van der Waals surface area contributed by atoms with E-state index in [4.69, 9.17) is 21.4 Å². The van der Waals surface area contributed by atoms with Crippen LogP contribution >= 0.6 is 11.6 Å². The molecule has 126 valence electrons. The summed E-state index contributed by atoms with van der Waals surface area (Å²) in [5.41, 5.74) is 2.41. The van der Waals surface area contributed by atoms with Crippen molar-refractivity contribution in [2.24, 2.45) is 0 Å².